The van der Waals surface area contributed by atoms with Gasteiger partial charge in [0.05, 0.1) is 0 Å². The van der Waals surface area contributed by atoms with E-state index >= 15 is 0 Å². The molecule has 2 aromatic rings. The minimum absolute atomic E-state index is 0.765. The van der Waals surface area contributed by atoms with Crippen molar-refractivity contribution in [2.24, 2.45) is 0 Å². The first-order valence-corrected chi connectivity index (χ1v) is 5.36. The second-order valence-electron chi connectivity index (χ2n) is 4.07. The number of hydrogen-bond donors (Lipinski definition) is 1. The smallest absolute Gasteiger partial charge is 0.131 e. The van der Waals surface area contributed by atoms with E-state index in [9.17, 15) is 0 Å². The van der Waals surface area contributed by atoms with Crippen LogP contribution in [-0.4, -0.2) is 4.98 Å². The Bertz CT molecular complexity index is 497. The first-order valence-electron chi connectivity index (χ1n) is 5.36. The first kappa shape index (κ1) is 9.21. The standard InChI is InChI=1S/C13H13N3/c14-12-5-6-15-13(7-12)16-8-10-3-1-2-4-11(10)9-16/h1-7H,8-9H2,(H2,14,15). The van der Waals surface area contributed by atoms with E-state index in [0.717, 1.165) is 24.6 Å². The molecule has 0 unspecified atom stereocenters. The maximum absolute atomic E-state index is 5.76. The maximum atomic E-state index is 5.76. The van der Waals surface area contributed by atoms with E-state index in [-0.39, 0.29) is 0 Å². The molecule has 0 saturated heterocycles. The van der Waals surface area contributed by atoms with Gasteiger partial charge in [0.2, 0.25) is 0 Å². The Morgan fingerprint density at radius 2 is 1.75 bits per heavy atom. The SMILES string of the molecule is Nc1ccnc(N2Cc3ccccc3C2)c1. The molecule has 0 saturated carbocycles. The summed E-state index contributed by atoms with van der Waals surface area (Å²) in [5, 5.41) is 0. The van der Waals surface area contributed by atoms with E-state index in [4.69, 9.17) is 5.73 Å². The molecule has 3 rings (SSSR count). The topological polar surface area (TPSA) is 42.1 Å². The van der Waals surface area contributed by atoms with Gasteiger partial charge in [-0.05, 0) is 17.2 Å². The summed E-state index contributed by atoms with van der Waals surface area (Å²) in [6.07, 6.45) is 1.76. The Balaban J connectivity index is 1.91. The Morgan fingerprint density at radius 3 is 2.38 bits per heavy atom. The molecule has 2 heterocycles. The summed E-state index contributed by atoms with van der Waals surface area (Å²) in [6, 6.07) is 12.2. The summed E-state index contributed by atoms with van der Waals surface area (Å²) >= 11 is 0. The van der Waals surface area contributed by atoms with E-state index in [1.54, 1.807) is 6.20 Å². The second kappa shape index (κ2) is 3.52. The van der Waals surface area contributed by atoms with Gasteiger partial charge < -0.3 is 10.6 Å². The van der Waals surface area contributed by atoms with E-state index in [0.29, 0.717) is 0 Å². The fourth-order valence-corrected chi connectivity index (χ4v) is 2.10. The molecule has 1 aliphatic heterocycles. The lowest BCUT2D eigenvalue weighted by molar-refractivity contribution is 0.857. The molecule has 0 atom stereocenters. The fraction of sp³-hybridized carbons (Fsp3) is 0.154. The number of anilines is 2. The van der Waals surface area contributed by atoms with Crippen LogP contribution in [0.1, 0.15) is 11.1 Å². The molecule has 3 heteroatoms. The molecule has 1 aliphatic rings. The maximum Gasteiger partial charge on any atom is 0.131 e. The number of rotatable bonds is 1. The lowest BCUT2D eigenvalue weighted by Gasteiger charge is -2.16. The molecule has 0 aliphatic carbocycles. The fourth-order valence-electron chi connectivity index (χ4n) is 2.10. The highest BCUT2D eigenvalue weighted by molar-refractivity contribution is 5.53. The van der Waals surface area contributed by atoms with Crippen LogP contribution in [0.4, 0.5) is 11.5 Å². The number of fused-ring (bicyclic) bond motifs is 1. The molecule has 2 N–H and O–H groups in total. The molecule has 0 amide bonds. The third-order valence-corrected chi connectivity index (χ3v) is 2.93. The van der Waals surface area contributed by atoms with Gasteiger partial charge in [0.1, 0.15) is 5.82 Å². The van der Waals surface area contributed by atoms with Crippen molar-refractivity contribution < 1.29 is 0 Å². The third kappa shape index (κ3) is 1.50. The lowest BCUT2D eigenvalue weighted by Crippen LogP contribution is -2.15. The predicted molar refractivity (Wildman–Crippen MR) is 65.0 cm³/mol. The van der Waals surface area contributed by atoms with Gasteiger partial charge in [0.15, 0.2) is 0 Å². The molecule has 0 radical (unpaired) electrons. The molecule has 0 fully saturated rings. The molecular formula is C13H13N3. The first-order chi connectivity index (χ1) is 7.83. The minimum atomic E-state index is 0.765. The average molecular weight is 211 g/mol. The molecule has 0 bridgehead atoms. The van der Waals surface area contributed by atoms with Gasteiger partial charge in [-0.2, -0.15) is 0 Å². The van der Waals surface area contributed by atoms with E-state index < -0.39 is 0 Å². The predicted octanol–water partition coefficient (Wildman–Crippen LogP) is 2.18. The van der Waals surface area contributed by atoms with Crippen LogP contribution in [0.25, 0.3) is 0 Å². The van der Waals surface area contributed by atoms with Crippen LogP contribution in [-0.2, 0) is 13.1 Å². The number of pyridine rings is 1. The van der Waals surface area contributed by atoms with Crippen molar-refractivity contribution in [1.82, 2.24) is 4.98 Å². The van der Waals surface area contributed by atoms with Crippen molar-refractivity contribution in [2.45, 2.75) is 13.1 Å². The number of hydrogen-bond acceptors (Lipinski definition) is 3. The van der Waals surface area contributed by atoms with Gasteiger partial charge in [-0.25, -0.2) is 4.98 Å². The van der Waals surface area contributed by atoms with Gasteiger partial charge in [-0.1, -0.05) is 24.3 Å². The Kier molecular flexibility index (Phi) is 2.03. The average Bonchev–Trinajstić information content (AvgIpc) is 2.72. The summed E-state index contributed by atoms with van der Waals surface area (Å²) in [5.74, 6) is 0.955. The van der Waals surface area contributed by atoms with E-state index in [1.807, 2.05) is 12.1 Å². The Morgan fingerprint density at radius 1 is 1.06 bits per heavy atom. The van der Waals surface area contributed by atoms with Crippen molar-refractivity contribution in [1.29, 1.82) is 0 Å². The second-order valence-corrected chi connectivity index (χ2v) is 4.07. The summed E-state index contributed by atoms with van der Waals surface area (Å²) in [6.45, 7) is 1.85. The Labute approximate surface area is 94.5 Å². The molecule has 3 nitrogen and oxygen atoms in total. The monoisotopic (exact) mass is 211 g/mol. The lowest BCUT2D eigenvalue weighted by atomic mass is 10.1. The van der Waals surface area contributed by atoms with Crippen LogP contribution in [0.2, 0.25) is 0 Å². The zero-order chi connectivity index (χ0) is 11.0. The van der Waals surface area contributed by atoms with Crippen LogP contribution < -0.4 is 10.6 Å². The van der Waals surface area contributed by atoms with Crippen LogP contribution in [0.3, 0.4) is 0 Å². The third-order valence-electron chi connectivity index (χ3n) is 2.93. The number of aromatic nitrogens is 1. The summed E-state index contributed by atoms with van der Waals surface area (Å²) < 4.78 is 0. The number of benzene rings is 1. The molecule has 16 heavy (non-hydrogen) atoms. The quantitative estimate of drug-likeness (QED) is 0.786. The van der Waals surface area contributed by atoms with Gasteiger partial charge >= 0.3 is 0 Å². The van der Waals surface area contributed by atoms with Crippen LogP contribution in [0.15, 0.2) is 42.6 Å². The van der Waals surface area contributed by atoms with Crippen molar-refractivity contribution in [3.63, 3.8) is 0 Å². The summed E-state index contributed by atoms with van der Waals surface area (Å²) in [7, 11) is 0. The van der Waals surface area contributed by atoms with Gasteiger partial charge in [0.25, 0.3) is 0 Å². The highest BCUT2D eigenvalue weighted by Gasteiger charge is 2.19. The highest BCUT2D eigenvalue weighted by Crippen LogP contribution is 2.27. The summed E-state index contributed by atoms with van der Waals surface area (Å²) in [5.41, 5.74) is 9.29. The molecule has 1 aromatic heterocycles. The van der Waals surface area contributed by atoms with Crippen LogP contribution >= 0.6 is 0 Å². The van der Waals surface area contributed by atoms with Crippen molar-refractivity contribution in [3.8, 4) is 0 Å². The molecule has 0 spiro atoms. The molecule has 80 valence electrons. The van der Waals surface area contributed by atoms with Crippen LogP contribution in [0, 0.1) is 0 Å². The van der Waals surface area contributed by atoms with E-state index in [2.05, 4.69) is 34.1 Å². The summed E-state index contributed by atoms with van der Waals surface area (Å²) in [4.78, 5) is 6.59. The van der Waals surface area contributed by atoms with Crippen molar-refractivity contribution >= 4 is 11.5 Å². The highest BCUT2D eigenvalue weighted by atomic mass is 15.2. The zero-order valence-electron chi connectivity index (χ0n) is 8.93. The number of nitrogen functional groups attached to an aromatic ring is 1. The minimum Gasteiger partial charge on any atom is -0.399 e. The largest absolute Gasteiger partial charge is 0.399 e. The van der Waals surface area contributed by atoms with E-state index in [1.165, 1.54) is 11.1 Å². The molecule has 1 aromatic carbocycles. The number of nitrogens with two attached hydrogens (primary N) is 1. The van der Waals surface area contributed by atoms with Gasteiger partial charge in [-0.3, -0.25) is 0 Å². The Hall–Kier alpha value is -2.03. The van der Waals surface area contributed by atoms with Crippen molar-refractivity contribution in [2.75, 3.05) is 10.6 Å². The number of nitrogens with zero attached hydrogens (tertiary/aromatic N) is 2. The van der Waals surface area contributed by atoms with Gasteiger partial charge in [0, 0.05) is 31.0 Å². The van der Waals surface area contributed by atoms with Crippen LogP contribution in [0.5, 0.6) is 0 Å². The zero-order valence-corrected chi connectivity index (χ0v) is 8.93. The van der Waals surface area contributed by atoms with Crippen molar-refractivity contribution in [3.05, 3.63) is 53.7 Å². The normalized spacial score (nSPS) is 13.9. The van der Waals surface area contributed by atoms with Gasteiger partial charge in [-0.15, -0.1) is 0 Å². The molecular weight excluding hydrogens is 198 g/mol.